The molecule has 0 heterocycles. The minimum atomic E-state index is -2.49. The van der Waals surface area contributed by atoms with E-state index in [4.69, 9.17) is 14.8 Å². The molecule has 0 unspecified atom stereocenters. The first-order valence-corrected chi connectivity index (χ1v) is 4.50. The topological polar surface area (TPSA) is 78.8 Å². The molecule has 0 saturated carbocycles. The molecule has 0 aliphatic carbocycles. The van der Waals surface area contributed by atoms with Crippen LogP contribution < -0.4 is 5.73 Å². The molecule has 0 bridgehead atoms. The molecule has 0 aromatic rings. The van der Waals surface area contributed by atoms with Crippen molar-refractivity contribution in [2.24, 2.45) is 10.7 Å². The normalized spacial score (nSPS) is 15.8. The zero-order valence-electron chi connectivity index (χ0n) is 5.53. The Hall–Kier alpha value is -0.260. The van der Waals surface area contributed by atoms with Gasteiger partial charge in [0.1, 0.15) is 5.84 Å². The molecule has 0 amide bonds. The zero-order valence-corrected chi connectivity index (χ0v) is 6.35. The third kappa shape index (κ3) is 5.61. The maximum Gasteiger partial charge on any atom is 0.113 e. The smallest absolute Gasteiger partial charge is 0.113 e. The minimum Gasteiger partial charge on any atom is -0.386 e. The maximum atomic E-state index is 8.80. The first kappa shape index (κ1) is 8.74. The fourth-order valence-electron chi connectivity index (χ4n) is 0.345. The molecule has 0 saturated heterocycles. The van der Waals surface area contributed by atoms with Gasteiger partial charge >= 0.3 is 0 Å². The summed E-state index contributed by atoms with van der Waals surface area (Å²) in [5, 5.41) is 0. The van der Waals surface area contributed by atoms with Crippen molar-refractivity contribution >= 4 is 16.4 Å². The molecule has 0 aliphatic rings. The molecular weight excluding hydrogens is 140 g/mol. The highest BCUT2D eigenvalue weighted by molar-refractivity contribution is 8.24. The van der Waals surface area contributed by atoms with Gasteiger partial charge in [0.25, 0.3) is 0 Å². The number of hydrogen-bond donors (Lipinski definition) is 3. The average Bonchev–Trinajstić information content (AvgIpc) is 1.62. The van der Waals surface area contributed by atoms with Crippen LogP contribution in [0.4, 0.5) is 0 Å². The molecule has 0 fully saturated rings. The van der Waals surface area contributed by atoms with Crippen LogP contribution in [-0.4, -0.2) is 34.0 Å². The zero-order chi connectivity index (χ0) is 7.49. The van der Waals surface area contributed by atoms with Crippen LogP contribution in [-0.2, 0) is 0 Å². The maximum absolute atomic E-state index is 8.80. The van der Waals surface area contributed by atoms with Gasteiger partial charge in [-0.05, 0) is 0 Å². The Labute approximate surface area is 56.1 Å². The fourth-order valence-corrected chi connectivity index (χ4v) is 1.03. The molecular formula is C4H12N2O2S. The molecule has 9 heavy (non-hydrogen) atoms. The monoisotopic (exact) mass is 152 g/mol. The summed E-state index contributed by atoms with van der Waals surface area (Å²) in [7, 11) is -0.977. The van der Waals surface area contributed by atoms with Crippen LogP contribution in [0.2, 0.25) is 0 Å². The summed E-state index contributed by atoms with van der Waals surface area (Å²) in [4.78, 5) is 3.57. The number of aliphatic imine (C=N–C) groups is 1. The second-order valence-electron chi connectivity index (χ2n) is 1.85. The van der Waals surface area contributed by atoms with E-state index in [1.54, 1.807) is 0 Å². The van der Waals surface area contributed by atoms with E-state index in [1.807, 2.05) is 0 Å². The molecule has 0 aliphatic heterocycles. The predicted molar refractivity (Wildman–Crippen MR) is 41.2 cm³/mol. The van der Waals surface area contributed by atoms with E-state index >= 15 is 0 Å². The van der Waals surface area contributed by atoms with E-state index in [9.17, 15) is 0 Å². The molecule has 0 rings (SSSR count). The number of amidine groups is 1. The van der Waals surface area contributed by atoms with E-state index in [0.717, 1.165) is 0 Å². The van der Waals surface area contributed by atoms with Gasteiger partial charge in [0.2, 0.25) is 0 Å². The Morgan fingerprint density at radius 2 is 2.11 bits per heavy atom. The number of rotatable bonds is 2. The van der Waals surface area contributed by atoms with E-state index in [2.05, 4.69) is 4.99 Å². The van der Waals surface area contributed by atoms with Crippen molar-refractivity contribution in [3.05, 3.63) is 0 Å². The molecule has 4 nitrogen and oxygen atoms in total. The third-order valence-corrected chi connectivity index (χ3v) is 1.55. The molecule has 0 atom stereocenters. The highest BCUT2D eigenvalue weighted by Crippen LogP contribution is 2.31. The van der Waals surface area contributed by atoms with Gasteiger partial charge in [0.05, 0.1) is 5.75 Å². The first-order valence-electron chi connectivity index (χ1n) is 2.38. The van der Waals surface area contributed by atoms with Gasteiger partial charge < -0.3 is 5.73 Å². The van der Waals surface area contributed by atoms with Gasteiger partial charge in [0, 0.05) is 13.3 Å². The minimum absolute atomic E-state index is 0.0729. The molecule has 0 aromatic carbocycles. The summed E-state index contributed by atoms with van der Waals surface area (Å²) in [5.41, 5.74) is 5.21. The molecule has 0 aromatic heterocycles. The average molecular weight is 152 g/mol. The van der Waals surface area contributed by atoms with Crippen LogP contribution in [0, 0.1) is 0 Å². The molecule has 0 spiro atoms. The molecule has 5 heteroatoms. The van der Waals surface area contributed by atoms with Crippen LogP contribution in [0.25, 0.3) is 0 Å². The summed E-state index contributed by atoms with van der Waals surface area (Å²) >= 11 is 0. The number of nitrogens with zero attached hydrogens (tertiary/aromatic N) is 1. The summed E-state index contributed by atoms with van der Waals surface area (Å²) in [6.07, 6.45) is 1.34. The standard InChI is InChI=1S/C4H12N2O2S/c1-6-4(5)3-9(2,7)8/h7-8H,3H2,1-2H3,(H2,5,6). The summed E-state index contributed by atoms with van der Waals surface area (Å²) in [6.45, 7) is 0. The van der Waals surface area contributed by atoms with E-state index in [1.165, 1.54) is 13.3 Å². The van der Waals surface area contributed by atoms with E-state index in [0.29, 0.717) is 0 Å². The highest BCUT2D eigenvalue weighted by Gasteiger charge is 2.04. The predicted octanol–water partition coefficient (Wildman–Crippen LogP) is 0.354. The lowest BCUT2D eigenvalue weighted by Gasteiger charge is -2.25. The fraction of sp³-hybridized carbons (Fsp3) is 0.750. The van der Waals surface area contributed by atoms with Crippen molar-refractivity contribution in [2.45, 2.75) is 0 Å². The van der Waals surface area contributed by atoms with Crippen LogP contribution in [0.1, 0.15) is 0 Å². The van der Waals surface area contributed by atoms with E-state index in [-0.39, 0.29) is 11.6 Å². The first-order chi connectivity index (χ1) is 3.95. The molecule has 56 valence electrons. The van der Waals surface area contributed by atoms with Gasteiger partial charge in [-0.3, -0.25) is 14.1 Å². The lowest BCUT2D eigenvalue weighted by molar-refractivity contribution is 0.500. The van der Waals surface area contributed by atoms with Gasteiger partial charge in [0.15, 0.2) is 0 Å². The van der Waals surface area contributed by atoms with Crippen molar-refractivity contribution in [2.75, 3.05) is 19.1 Å². The number of nitrogens with two attached hydrogens (primary N) is 1. The van der Waals surface area contributed by atoms with Crippen molar-refractivity contribution in [1.82, 2.24) is 0 Å². The Kier molecular flexibility index (Phi) is 2.96. The van der Waals surface area contributed by atoms with Crippen molar-refractivity contribution in [1.29, 1.82) is 0 Å². The Bertz CT molecular complexity index is 118. The summed E-state index contributed by atoms with van der Waals surface area (Å²) < 4.78 is 17.6. The van der Waals surface area contributed by atoms with Crippen molar-refractivity contribution in [3.8, 4) is 0 Å². The summed E-state index contributed by atoms with van der Waals surface area (Å²) in [6, 6.07) is 0. The van der Waals surface area contributed by atoms with Crippen LogP contribution in [0.5, 0.6) is 0 Å². The van der Waals surface area contributed by atoms with Gasteiger partial charge in [-0.1, -0.05) is 0 Å². The lowest BCUT2D eigenvalue weighted by atomic mass is 10.7. The van der Waals surface area contributed by atoms with Gasteiger partial charge in [-0.2, -0.15) is 10.6 Å². The Balaban J connectivity index is 3.75. The lowest BCUT2D eigenvalue weighted by Crippen LogP contribution is -2.20. The number of hydrogen-bond acceptors (Lipinski definition) is 3. The van der Waals surface area contributed by atoms with Gasteiger partial charge in [-0.15, -0.1) is 0 Å². The second kappa shape index (κ2) is 3.05. The van der Waals surface area contributed by atoms with Crippen molar-refractivity contribution in [3.63, 3.8) is 0 Å². The molecule has 4 N–H and O–H groups in total. The second-order valence-corrected chi connectivity index (χ2v) is 4.13. The van der Waals surface area contributed by atoms with Crippen LogP contribution >= 0.6 is 10.6 Å². The van der Waals surface area contributed by atoms with Crippen LogP contribution in [0.15, 0.2) is 4.99 Å². The Morgan fingerprint density at radius 1 is 1.67 bits per heavy atom. The van der Waals surface area contributed by atoms with Crippen LogP contribution in [0.3, 0.4) is 0 Å². The largest absolute Gasteiger partial charge is 0.386 e. The highest BCUT2D eigenvalue weighted by atomic mass is 32.3. The Morgan fingerprint density at radius 3 is 2.22 bits per heavy atom. The third-order valence-electron chi connectivity index (χ3n) is 0.709. The molecule has 0 radical (unpaired) electrons. The van der Waals surface area contributed by atoms with E-state index < -0.39 is 10.6 Å². The summed E-state index contributed by atoms with van der Waals surface area (Å²) in [5.74, 6) is 0.348. The SMILES string of the molecule is CN=C(N)CS(C)(O)O. The van der Waals surface area contributed by atoms with Crippen molar-refractivity contribution < 1.29 is 9.11 Å². The quantitative estimate of drug-likeness (QED) is 0.394. The van der Waals surface area contributed by atoms with Gasteiger partial charge in [-0.25, -0.2) is 0 Å².